The average molecular weight is 607 g/mol. The van der Waals surface area contributed by atoms with Gasteiger partial charge in [-0.15, -0.1) is 0 Å². The molecule has 0 spiro atoms. The Hall–Kier alpha value is -3.55. The van der Waals surface area contributed by atoms with Crippen LogP contribution in [0.1, 0.15) is 22.6 Å². The zero-order chi connectivity index (χ0) is 28.7. The molecule has 1 saturated heterocycles. The summed E-state index contributed by atoms with van der Waals surface area (Å²) in [6.45, 7) is 1.87. The lowest BCUT2D eigenvalue weighted by Gasteiger charge is -2.34. The van der Waals surface area contributed by atoms with Crippen LogP contribution in [0.4, 0.5) is 16.2 Å². The molecule has 0 bridgehead atoms. The maximum Gasteiger partial charge on any atom is 0.326 e. The largest absolute Gasteiger partial charge is 0.481 e. The van der Waals surface area contributed by atoms with Gasteiger partial charge in [0.2, 0.25) is 0 Å². The van der Waals surface area contributed by atoms with Gasteiger partial charge in [-0.2, -0.15) is 0 Å². The Morgan fingerprint density at radius 2 is 1.54 bits per heavy atom. The quantitative estimate of drug-likeness (QED) is 0.233. The van der Waals surface area contributed by atoms with Crippen molar-refractivity contribution in [2.24, 2.45) is 5.92 Å². The number of anilines is 2. The number of fused-ring (bicyclic) bond motifs is 1. The summed E-state index contributed by atoms with van der Waals surface area (Å²) in [4.78, 5) is 29.6. The number of likely N-dealkylation sites (tertiary alicyclic amines) is 1. The van der Waals surface area contributed by atoms with E-state index in [1.54, 1.807) is 18.2 Å². The Morgan fingerprint density at radius 3 is 2.24 bits per heavy atom. The fourth-order valence-electron chi connectivity index (χ4n) is 5.92. The van der Waals surface area contributed by atoms with E-state index in [0.29, 0.717) is 46.1 Å². The number of carboxylic acid groups (broad SMARTS) is 1. The Kier molecular flexibility index (Phi) is 7.66. The highest BCUT2D eigenvalue weighted by Gasteiger charge is 2.40. The van der Waals surface area contributed by atoms with Gasteiger partial charge in [0, 0.05) is 48.2 Å². The van der Waals surface area contributed by atoms with Crippen molar-refractivity contribution >= 4 is 58.2 Å². The van der Waals surface area contributed by atoms with Gasteiger partial charge in [0.05, 0.1) is 27.3 Å². The standard InChI is InChI=1S/C32H26Cl3N3O3/c33-26-10-5-4-9-21(26)22-13-20(24-17-37(18-25(24)31(39)40)16-19-7-2-1-3-8-19)14-29-23(22)15-36-32(41)38(29)30-27(34)11-6-12-28(30)35/h1-14,24-25H,15-18H2,(H,36,41)(H,39,40). The third kappa shape index (κ3) is 5.29. The van der Waals surface area contributed by atoms with Crippen molar-refractivity contribution in [1.29, 1.82) is 0 Å². The monoisotopic (exact) mass is 605 g/mol. The first-order valence-electron chi connectivity index (χ1n) is 13.2. The van der Waals surface area contributed by atoms with Crippen LogP contribution < -0.4 is 10.2 Å². The topological polar surface area (TPSA) is 72.9 Å². The normalized spacial score (nSPS) is 18.7. The highest BCUT2D eigenvalue weighted by molar-refractivity contribution is 6.40. The maximum absolute atomic E-state index is 13.4. The second-order valence-electron chi connectivity index (χ2n) is 10.3. The molecule has 6 nitrogen and oxygen atoms in total. The highest BCUT2D eigenvalue weighted by atomic mass is 35.5. The molecule has 2 aliphatic rings. The van der Waals surface area contributed by atoms with E-state index in [1.165, 1.54) is 4.90 Å². The molecule has 9 heteroatoms. The number of carbonyl (C=O) groups excluding carboxylic acids is 1. The summed E-state index contributed by atoms with van der Waals surface area (Å²) in [6, 6.07) is 26.2. The van der Waals surface area contributed by atoms with Gasteiger partial charge in [-0.05, 0) is 41.0 Å². The van der Waals surface area contributed by atoms with E-state index in [9.17, 15) is 14.7 Å². The van der Waals surface area contributed by atoms with Gasteiger partial charge < -0.3 is 10.4 Å². The van der Waals surface area contributed by atoms with Crippen molar-refractivity contribution in [2.75, 3.05) is 18.0 Å². The molecule has 4 aromatic rings. The molecule has 41 heavy (non-hydrogen) atoms. The Bertz CT molecular complexity index is 1630. The number of amides is 2. The molecule has 2 atom stereocenters. The van der Waals surface area contributed by atoms with E-state index in [-0.39, 0.29) is 18.5 Å². The van der Waals surface area contributed by atoms with Crippen LogP contribution >= 0.6 is 34.8 Å². The molecule has 2 aliphatic heterocycles. The van der Waals surface area contributed by atoms with Gasteiger partial charge in [0.25, 0.3) is 0 Å². The summed E-state index contributed by atoms with van der Waals surface area (Å²) in [5.74, 6) is -1.81. The van der Waals surface area contributed by atoms with Crippen LogP contribution in [0.5, 0.6) is 0 Å². The number of hydrogen-bond donors (Lipinski definition) is 2. The van der Waals surface area contributed by atoms with Gasteiger partial charge in [0.1, 0.15) is 0 Å². The van der Waals surface area contributed by atoms with Crippen LogP contribution in [0.3, 0.4) is 0 Å². The third-order valence-corrected chi connectivity index (χ3v) is 8.76. The molecule has 2 amide bonds. The van der Waals surface area contributed by atoms with Crippen molar-refractivity contribution in [2.45, 2.75) is 19.0 Å². The van der Waals surface area contributed by atoms with Crippen molar-refractivity contribution < 1.29 is 14.7 Å². The van der Waals surface area contributed by atoms with Crippen LogP contribution in [0, 0.1) is 5.92 Å². The van der Waals surface area contributed by atoms with Gasteiger partial charge in [-0.3, -0.25) is 14.6 Å². The molecule has 2 heterocycles. The summed E-state index contributed by atoms with van der Waals surface area (Å²) in [7, 11) is 0. The molecule has 0 radical (unpaired) electrons. The molecule has 208 valence electrons. The number of aliphatic carboxylic acids is 1. The number of halogens is 3. The maximum atomic E-state index is 13.4. The molecule has 6 rings (SSSR count). The average Bonchev–Trinajstić information content (AvgIpc) is 3.38. The lowest BCUT2D eigenvalue weighted by molar-refractivity contribution is -0.141. The first-order chi connectivity index (χ1) is 19.8. The minimum absolute atomic E-state index is 0.265. The summed E-state index contributed by atoms with van der Waals surface area (Å²) >= 11 is 19.9. The smallest absolute Gasteiger partial charge is 0.326 e. The molecular weight excluding hydrogens is 581 g/mol. The zero-order valence-corrected chi connectivity index (χ0v) is 24.1. The van der Waals surface area contributed by atoms with E-state index in [1.807, 2.05) is 66.7 Å². The molecule has 0 aliphatic carbocycles. The van der Waals surface area contributed by atoms with Crippen molar-refractivity contribution in [3.8, 4) is 11.1 Å². The van der Waals surface area contributed by atoms with Crippen LogP contribution in [0.2, 0.25) is 15.1 Å². The van der Waals surface area contributed by atoms with E-state index in [0.717, 1.165) is 27.8 Å². The minimum atomic E-state index is -0.855. The van der Waals surface area contributed by atoms with E-state index < -0.39 is 11.9 Å². The summed E-state index contributed by atoms with van der Waals surface area (Å²) in [5, 5.41) is 14.4. The number of carboxylic acids is 1. The third-order valence-electron chi connectivity index (χ3n) is 7.82. The fraction of sp³-hybridized carbons (Fsp3) is 0.188. The first kappa shape index (κ1) is 27.6. The molecule has 0 aromatic heterocycles. The number of nitrogens with one attached hydrogen (secondary N) is 1. The number of nitrogens with zero attached hydrogens (tertiary/aromatic N) is 2. The number of para-hydroxylation sites is 1. The molecule has 0 saturated carbocycles. The Morgan fingerprint density at radius 1 is 0.854 bits per heavy atom. The van der Waals surface area contributed by atoms with Crippen LogP contribution in [-0.4, -0.2) is 35.1 Å². The summed E-state index contributed by atoms with van der Waals surface area (Å²) < 4.78 is 0. The second-order valence-corrected chi connectivity index (χ2v) is 11.6. The van der Waals surface area contributed by atoms with Crippen molar-refractivity contribution in [1.82, 2.24) is 10.2 Å². The van der Waals surface area contributed by atoms with Gasteiger partial charge in [-0.1, -0.05) is 95.5 Å². The molecule has 2 unspecified atom stereocenters. The van der Waals surface area contributed by atoms with Crippen molar-refractivity contribution in [3.63, 3.8) is 0 Å². The van der Waals surface area contributed by atoms with Crippen LogP contribution in [-0.2, 0) is 17.9 Å². The van der Waals surface area contributed by atoms with Crippen LogP contribution in [0.15, 0.2) is 84.9 Å². The lowest BCUT2D eigenvalue weighted by atomic mass is 9.84. The predicted molar refractivity (Wildman–Crippen MR) is 163 cm³/mol. The zero-order valence-electron chi connectivity index (χ0n) is 21.9. The van der Waals surface area contributed by atoms with Crippen molar-refractivity contribution in [3.05, 3.63) is 117 Å². The Labute approximate surface area is 253 Å². The van der Waals surface area contributed by atoms with Crippen LogP contribution in [0.25, 0.3) is 11.1 Å². The molecule has 4 aromatic carbocycles. The predicted octanol–water partition coefficient (Wildman–Crippen LogP) is 7.98. The number of rotatable bonds is 6. The van der Waals surface area contributed by atoms with Gasteiger partial charge in [-0.25, -0.2) is 4.79 Å². The fourth-order valence-corrected chi connectivity index (χ4v) is 6.72. The highest BCUT2D eigenvalue weighted by Crippen LogP contribution is 2.47. The first-order valence-corrected chi connectivity index (χ1v) is 14.4. The van der Waals surface area contributed by atoms with E-state index in [4.69, 9.17) is 34.8 Å². The summed E-state index contributed by atoms with van der Waals surface area (Å²) in [5.41, 5.74) is 5.34. The second kappa shape index (κ2) is 11.4. The number of urea groups is 1. The molecule has 1 fully saturated rings. The number of carbonyl (C=O) groups is 2. The molecule has 2 N–H and O–H groups in total. The van der Waals surface area contributed by atoms with E-state index in [2.05, 4.69) is 10.2 Å². The summed E-state index contributed by atoms with van der Waals surface area (Å²) in [6.07, 6.45) is 0. The Balaban J connectivity index is 1.52. The minimum Gasteiger partial charge on any atom is -0.481 e. The SMILES string of the molecule is O=C(O)C1CN(Cc2ccccc2)CC1c1cc(-c2ccccc2Cl)c2c(c1)N(c1c(Cl)cccc1Cl)C(=O)NC2. The number of hydrogen-bond acceptors (Lipinski definition) is 3. The lowest BCUT2D eigenvalue weighted by Crippen LogP contribution is -2.42. The van der Waals surface area contributed by atoms with E-state index >= 15 is 0 Å². The van der Waals surface area contributed by atoms with Gasteiger partial charge in [0.15, 0.2) is 0 Å². The number of benzene rings is 4. The molecular formula is C32H26Cl3N3O3. The van der Waals surface area contributed by atoms with Gasteiger partial charge >= 0.3 is 12.0 Å².